The number of hydrogen-bond donors (Lipinski definition) is 2. The lowest BCUT2D eigenvalue weighted by Crippen LogP contribution is -2.48. The number of nitrogens with two attached hydrogens (primary N) is 1. The van der Waals surface area contributed by atoms with E-state index in [0.717, 1.165) is 21.2 Å². The number of fused-ring (bicyclic) bond motifs is 4. The molecule has 0 aliphatic carbocycles. The second-order valence-electron chi connectivity index (χ2n) is 11.2. The average Bonchev–Trinajstić information content (AvgIpc) is 3.38. The first kappa shape index (κ1) is 29.6. The van der Waals surface area contributed by atoms with Crippen molar-refractivity contribution in [1.82, 2.24) is 20.0 Å². The molecule has 0 aromatic heterocycles. The molecule has 2 aliphatic heterocycles. The molecule has 2 heterocycles. The summed E-state index contributed by atoms with van der Waals surface area (Å²) < 4.78 is 0. The zero-order valence-corrected chi connectivity index (χ0v) is 24.8. The van der Waals surface area contributed by atoms with Crippen LogP contribution in [0, 0.1) is 0 Å². The minimum absolute atomic E-state index is 0.00823. The Balaban J connectivity index is 1.37. The number of carbonyl (C=O) groups is 4. The van der Waals surface area contributed by atoms with Gasteiger partial charge in [-0.1, -0.05) is 42.5 Å². The Bertz CT molecular complexity index is 1500. The van der Waals surface area contributed by atoms with E-state index in [4.69, 9.17) is 5.73 Å². The van der Waals surface area contributed by atoms with E-state index in [2.05, 4.69) is 5.32 Å². The van der Waals surface area contributed by atoms with Crippen molar-refractivity contribution in [1.29, 1.82) is 0 Å². The van der Waals surface area contributed by atoms with Gasteiger partial charge in [0, 0.05) is 61.9 Å². The SMILES string of the molecule is CN1CC(=O)N2C[C@H](N)C[C@H]2CSc2cccc(c2)C(=O)N(C)[C@H](C(=O)NCc2ccc3ccccc3c2)CCC1=O. The summed E-state index contributed by atoms with van der Waals surface area (Å²) in [6.07, 6.45) is 0.816. The molecule has 0 spiro atoms. The van der Waals surface area contributed by atoms with Gasteiger partial charge in [-0.15, -0.1) is 11.8 Å². The van der Waals surface area contributed by atoms with Gasteiger partial charge in [0.25, 0.3) is 5.91 Å². The van der Waals surface area contributed by atoms with Crippen LogP contribution >= 0.6 is 11.8 Å². The Morgan fingerprint density at radius 1 is 0.976 bits per heavy atom. The van der Waals surface area contributed by atoms with Crippen LogP contribution in [0.25, 0.3) is 10.8 Å². The molecule has 2 bridgehead atoms. The number of benzene rings is 3. The monoisotopic (exact) mass is 587 g/mol. The van der Waals surface area contributed by atoms with E-state index in [9.17, 15) is 19.2 Å². The third-order valence-corrected chi connectivity index (χ3v) is 9.23. The van der Waals surface area contributed by atoms with Crippen molar-refractivity contribution in [3.8, 4) is 0 Å². The minimum Gasteiger partial charge on any atom is -0.350 e. The van der Waals surface area contributed by atoms with E-state index in [1.54, 1.807) is 36.8 Å². The van der Waals surface area contributed by atoms with Crippen molar-refractivity contribution < 1.29 is 19.2 Å². The van der Waals surface area contributed by atoms with Gasteiger partial charge in [-0.2, -0.15) is 0 Å². The Labute approximate surface area is 250 Å². The quantitative estimate of drug-likeness (QED) is 0.487. The second-order valence-corrected chi connectivity index (χ2v) is 12.2. The van der Waals surface area contributed by atoms with Gasteiger partial charge in [0.1, 0.15) is 6.04 Å². The summed E-state index contributed by atoms with van der Waals surface area (Å²) in [5.74, 6) is -0.408. The van der Waals surface area contributed by atoms with Crippen molar-refractivity contribution in [3.05, 3.63) is 77.9 Å². The fourth-order valence-electron chi connectivity index (χ4n) is 5.66. The summed E-state index contributed by atoms with van der Waals surface area (Å²) in [4.78, 5) is 59.0. The highest BCUT2D eigenvalue weighted by Crippen LogP contribution is 2.27. The highest BCUT2D eigenvalue weighted by Gasteiger charge is 2.35. The molecule has 0 radical (unpaired) electrons. The number of rotatable bonds is 3. The van der Waals surface area contributed by atoms with E-state index in [1.807, 2.05) is 60.7 Å². The van der Waals surface area contributed by atoms with E-state index in [1.165, 1.54) is 9.80 Å². The van der Waals surface area contributed by atoms with Crippen LogP contribution in [0.2, 0.25) is 0 Å². The van der Waals surface area contributed by atoms with Gasteiger partial charge in [0.05, 0.1) is 6.54 Å². The number of thioether (sulfide) groups is 1. The van der Waals surface area contributed by atoms with Gasteiger partial charge in [-0.3, -0.25) is 19.2 Å². The van der Waals surface area contributed by atoms with Gasteiger partial charge in [0.2, 0.25) is 17.7 Å². The molecule has 1 saturated heterocycles. The van der Waals surface area contributed by atoms with Crippen LogP contribution < -0.4 is 11.1 Å². The van der Waals surface area contributed by atoms with Crippen LogP contribution in [-0.2, 0) is 20.9 Å². The van der Waals surface area contributed by atoms with Crippen molar-refractivity contribution in [2.24, 2.45) is 5.73 Å². The van der Waals surface area contributed by atoms with Crippen LogP contribution in [0.1, 0.15) is 35.2 Å². The van der Waals surface area contributed by atoms with Crippen LogP contribution in [0.5, 0.6) is 0 Å². The lowest BCUT2D eigenvalue weighted by atomic mass is 10.1. The third-order valence-electron chi connectivity index (χ3n) is 8.09. The molecule has 220 valence electrons. The minimum atomic E-state index is -0.879. The maximum absolute atomic E-state index is 13.6. The van der Waals surface area contributed by atoms with Crippen molar-refractivity contribution in [2.75, 3.05) is 32.9 Å². The first-order valence-electron chi connectivity index (χ1n) is 14.2. The fraction of sp³-hybridized carbons (Fsp3) is 0.375. The Kier molecular flexibility index (Phi) is 9.13. The molecule has 3 aromatic rings. The van der Waals surface area contributed by atoms with Crippen LogP contribution in [0.15, 0.2) is 71.6 Å². The number of amides is 4. The molecule has 3 aromatic carbocycles. The van der Waals surface area contributed by atoms with E-state index in [0.29, 0.717) is 24.3 Å². The number of hydrogen-bond acceptors (Lipinski definition) is 6. The predicted molar refractivity (Wildman–Crippen MR) is 164 cm³/mol. The molecule has 4 amide bonds. The van der Waals surface area contributed by atoms with Crippen molar-refractivity contribution in [2.45, 2.75) is 48.8 Å². The summed E-state index contributed by atoms with van der Waals surface area (Å²) in [5, 5.41) is 5.16. The Morgan fingerprint density at radius 3 is 2.57 bits per heavy atom. The molecule has 3 atom stereocenters. The molecule has 1 fully saturated rings. The van der Waals surface area contributed by atoms with Crippen molar-refractivity contribution >= 4 is 46.2 Å². The summed E-state index contributed by atoms with van der Waals surface area (Å²) >= 11 is 1.56. The Morgan fingerprint density at radius 2 is 1.76 bits per heavy atom. The maximum Gasteiger partial charge on any atom is 0.254 e. The second kappa shape index (κ2) is 13.0. The van der Waals surface area contributed by atoms with Gasteiger partial charge >= 0.3 is 0 Å². The van der Waals surface area contributed by atoms with Crippen molar-refractivity contribution in [3.63, 3.8) is 0 Å². The summed E-state index contributed by atoms with van der Waals surface area (Å²) in [7, 11) is 3.19. The zero-order valence-electron chi connectivity index (χ0n) is 24.0. The number of nitrogens with zero attached hydrogens (tertiary/aromatic N) is 3. The lowest BCUT2D eigenvalue weighted by molar-refractivity contribution is -0.140. The fourth-order valence-corrected chi connectivity index (χ4v) is 6.75. The molecular weight excluding hydrogens is 550 g/mol. The molecular formula is C32H37N5O4S. The van der Waals surface area contributed by atoms with Gasteiger partial charge in [-0.05, 0) is 53.4 Å². The van der Waals surface area contributed by atoms with Crippen LogP contribution in [-0.4, -0.2) is 89.4 Å². The normalized spacial score (nSPS) is 22.4. The zero-order chi connectivity index (χ0) is 29.8. The Hall–Kier alpha value is -3.89. The average molecular weight is 588 g/mol. The smallest absolute Gasteiger partial charge is 0.254 e. The number of carbonyl (C=O) groups excluding carboxylic acids is 4. The predicted octanol–water partition coefficient (Wildman–Crippen LogP) is 2.87. The summed E-state index contributed by atoms with van der Waals surface area (Å²) in [5.41, 5.74) is 7.60. The molecule has 2 aliphatic rings. The van der Waals surface area contributed by atoms with E-state index >= 15 is 0 Å². The highest BCUT2D eigenvalue weighted by atomic mass is 32.2. The molecule has 3 N–H and O–H groups in total. The standard InChI is InChI=1S/C32H37N5O4S/c1-35-19-30(39)37-18-25(33)16-26(37)20-42-27-9-5-8-24(15-27)32(41)36(2)28(12-13-29(35)38)31(40)34-17-21-10-11-22-6-3-4-7-23(22)14-21/h3-11,14-15,25-26,28H,12-13,16-20,33H2,1-2H3,(H,34,40)/t25-,26+,28+/m1/s1. The lowest BCUT2D eigenvalue weighted by Gasteiger charge is -2.29. The summed E-state index contributed by atoms with van der Waals surface area (Å²) in [6, 6.07) is 20.3. The van der Waals surface area contributed by atoms with Gasteiger partial charge in [0.15, 0.2) is 0 Å². The first-order chi connectivity index (χ1) is 20.2. The summed E-state index contributed by atoms with van der Waals surface area (Å²) in [6.45, 7) is 0.681. The first-order valence-corrected chi connectivity index (χ1v) is 15.2. The largest absolute Gasteiger partial charge is 0.350 e. The van der Waals surface area contributed by atoms with Gasteiger partial charge in [-0.25, -0.2) is 0 Å². The molecule has 42 heavy (non-hydrogen) atoms. The topological polar surface area (TPSA) is 116 Å². The number of likely N-dealkylation sites (N-methyl/N-ethyl adjacent to an activating group) is 2. The van der Waals surface area contributed by atoms with E-state index < -0.39 is 6.04 Å². The third kappa shape index (κ3) is 6.77. The molecule has 9 nitrogen and oxygen atoms in total. The molecule has 0 unspecified atom stereocenters. The van der Waals surface area contributed by atoms with Crippen LogP contribution in [0.3, 0.4) is 0 Å². The highest BCUT2D eigenvalue weighted by molar-refractivity contribution is 7.99. The maximum atomic E-state index is 13.6. The molecule has 0 saturated carbocycles. The van der Waals surface area contributed by atoms with Crippen LogP contribution in [0.4, 0.5) is 0 Å². The molecule has 5 rings (SSSR count). The number of nitrogens with one attached hydrogen (secondary N) is 1. The van der Waals surface area contributed by atoms with Gasteiger partial charge < -0.3 is 25.8 Å². The van der Waals surface area contributed by atoms with E-state index in [-0.39, 0.29) is 61.6 Å². The molecule has 10 heteroatoms.